The van der Waals surface area contributed by atoms with Gasteiger partial charge in [0.25, 0.3) is 5.56 Å². The maximum Gasteiger partial charge on any atom is 0.275 e. The monoisotopic (exact) mass is 384 g/mol. The van der Waals surface area contributed by atoms with Gasteiger partial charge in [0.1, 0.15) is 11.5 Å². The molecular weight excluding hydrogens is 364 g/mol. The highest BCUT2D eigenvalue weighted by molar-refractivity contribution is 5.82. The van der Waals surface area contributed by atoms with Crippen LogP contribution in [0.5, 0.6) is 11.5 Å². The third-order valence-corrected chi connectivity index (χ3v) is 4.99. The SMILES string of the molecule is C[C@H](c1ccccc1)n1ncc(-c2ccc(O)cc2)c(-c2ccc(O)cc2)c1=O. The number of phenols is 2. The Morgan fingerprint density at radius 2 is 1.34 bits per heavy atom. The molecule has 4 aromatic rings. The van der Waals surface area contributed by atoms with Crippen molar-refractivity contribution in [3.05, 3.63) is 101 Å². The molecule has 2 N–H and O–H groups in total. The highest BCUT2D eigenvalue weighted by Gasteiger charge is 2.19. The minimum absolute atomic E-state index is 0.131. The van der Waals surface area contributed by atoms with Crippen molar-refractivity contribution >= 4 is 0 Å². The Bertz CT molecular complexity index is 1180. The third-order valence-electron chi connectivity index (χ3n) is 4.99. The van der Waals surface area contributed by atoms with Crippen molar-refractivity contribution in [2.24, 2.45) is 0 Å². The van der Waals surface area contributed by atoms with Crippen molar-refractivity contribution in [3.8, 4) is 33.8 Å². The standard InChI is InChI=1S/C24H20N2O3/c1-16(17-5-3-2-4-6-17)26-24(29)23(19-9-13-21(28)14-10-19)22(15-25-26)18-7-11-20(27)12-8-18/h2-16,27-28H,1H3/t16-/m1/s1. The van der Waals surface area contributed by atoms with E-state index in [2.05, 4.69) is 5.10 Å². The van der Waals surface area contributed by atoms with Crippen LogP contribution in [0.15, 0.2) is 89.9 Å². The van der Waals surface area contributed by atoms with Crippen molar-refractivity contribution < 1.29 is 10.2 Å². The normalized spacial score (nSPS) is 11.9. The van der Waals surface area contributed by atoms with E-state index in [0.717, 1.165) is 11.1 Å². The number of aromatic hydroxyl groups is 2. The van der Waals surface area contributed by atoms with Gasteiger partial charge in [-0.15, -0.1) is 0 Å². The molecule has 0 saturated carbocycles. The summed E-state index contributed by atoms with van der Waals surface area (Å²) >= 11 is 0. The lowest BCUT2D eigenvalue weighted by Crippen LogP contribution is -2.28. The molecule has 29 heavy (non-hydrogen) atoms. The fourth-order valence-electron chi connectivity index (χ4n) is 3.38. The molecule has 0 aliphatic carbocycles. The van der Waals surface area contributed by atoms with Gasteiger partial charge in [0.2, 0.25) is 0 Å². The number of phenolic OH excluding ortho intramolecular Hbond substituents is 2. The molecule has 0 radical (unpaired) electrons. The minimum atomic E-state index is -0.242. The van der Waals surface area contributed by atoms with E-state index in [9.17, 15) is 15.0 Å². The summed E-state index contributed by atoms with van der Waals surface area (Å²) in [6.45, 7) is 1.94. The lowest BCUT2D eigenvalue weighted by molar-refractivity contribution is 0.475. The summed E-state index contributed by atoms with van der Waals surface area (Å²) in [4.78, 5) is 13.5. The second-order valence-corrected chi connectivity index (χ2v) is 6.86. The third kappa shape index (κ3) is 3.62. The second kappa shape index (κ2) is 7.64. The average Bonchev–Trinajstić information content (AvgIpc) is 2.75. The molecule has 0 fully saturated rings. The van der Waals surface area contributed by atoms with Crippen molar-refractivity contribution in [2.75, 3.05) is 0 Å². The molecule has 1 heterocycles. The van der Waals surface area contributed by atoms with E-state index in [1.807, 2.05) is 37.3 Å². The number of aromatic nitrogens is 2. The van der Waals surface area contributed by atoms with Crippen LogP contribution in [-0.2, 0) is 0 Å². The molecular formula is C24H20N2O3. The maximum absolute atomic E-state index is 13.5. The van der Waals surface area contributed by atoms with Crippen LogP contribution in [0.3, 0.4) is 0 Å². The average molecular weight is 384 g/mol. The van der Waals surface area contributed by atoms with Gasteiger partial charge in [0.05, 0.1) is 17.8 Å². The van der Waals surface area contributed by atoms with Gasteiger partial charge in [-0.3, -0.25) is 4.79 Å². The van der Waals surface area contributed by atoms with E-state index in [1.165, 1.54) is 4.68 Å². The zero-order chi connectivity index (χ0) is 20.4. The van der Waals surface area contributed by atoms with Gasteiger partial charge in [0.15, 0.2) is 0 Å². The summed E-state index contributed by atoms with van der Waals surface area (Å²) in [7, 11) is 0. The zero-order valence-electron chi connectivity index (χ0n) is 15.9. The Morgan fingerprint density at radius 3 is 1.93 bits per heavy atom. The number of rotatable bonds is 4. The highest BCUT2D eigenvalue weighted by atomic mass is 16.3. The maximum atomic E-state index is 13.5. The van der Waals surface area contributed by atoms with Crippen molar-refractivity contribution in [1.82, 2.24) is 9.78 Å². The van der Waals surface area contributed by atoms with E-state index in [1.54, 1.807) is 54.7 Å². The van der Waals surface area contributed by atoms with Crippen LogP contribution < -0.4 is 5.56 Å². The Kier molecular flexibility index (Phi) is 4.87. The highest BCUT2D eigenvalue weighted by Crippen LogP contribution is 2.31. The lowest BCUT2D eigenvalue weighted by atomic mass is 9.97. The summed E-state index contributed by atoms with van der Waals surface area (Å²) in [5.74, 6) is 0.283. The molecule has 5 nitrogen and oxygen atoms in total. The quantitative estimate of drug-likeness (QED) is 0.539. The summed E-state index contributed by atoms with van der Waals surface area (Å²) in [5, 5.41) is 23.7. The van der Waals surface area contributed by atoms with Gasteiger partial charge in [0, 0.05) is 5.56 Å². The molecule has 0 spiro atoms. The number of nitrogens with zero attached hydrogens (tertiary/aromatic N) is 2. The lowest BCUT2D eigenvalue weighted by Gasteiger charge is -2.18. The van der Waals surface area contributed by atoms with Crippen LogP contribution in [0, 0.1) is 0 Å². The number of hydrogen-bond acceptors (Lipinski definition) is 4. The molecule has 0 bridgehead atoms. The van der Waals surface area contributed by atoms with Crippen LogP contribution in [0.2, 0.25) is 0 Å². The second-order valence-electron chi connectivity index (χ2n) is 6.86. The molecule has 144 valence electrons. The topological polar surface area (TPSA) is 75.3 Å². The Hall–Kier alpha value is -3.86. The van der Waals surface area contributed by atoms with Crippen molar-refractivity contribution in [1.29, 1.82) is 0 Å². The van der Waals surface area contributed by atoms with E-state index in [0.29, 0.717) is 16.7 Å². The predicted octanol–water partition coefficient (Wildman–Crippen LogP) is 4.60. The van der Waals surface area contributed by atoms with Crippen molar-refractivity contribution in [2.45, 2.75) is 13.0 Å². The van der Waals surface area contributed by atoms with Gasteiger partial charge in [-0.25, -0.2) is 4.68 Å². The molecule has 1 aromatic heterocycles. The molecule has 1 atom stereocenters. The van der Waals surface area contributed by atoms with E-state index >= 15 is 0 Å². The first-order valence-corrected chi connectivity index (χ1v) is 9.30. The Morgan fingerprint density at radius 1 is 0.793 bits per heavy atom. The molecule has 4 rings (SSSR count). The van der Waals surface area contributed by atoms with Crippen molar-refractivity contribution in [3.63, 3.8) is 0 Å². The smallest absolute Gasteiger partial charge is 0.275 e. The molecule has 0 aliphatic rings. The number of hydrogen-bond donors (Lipinski definition) is 2. The molecule has 3 aromatic carbocycles. The van der Waals surface area contributed by atoms with Crippen LogP contribution in [-0.4, -0.2) is 20.0 Å². The van der Waals surface area contributed by atoms with E-state index < -0.39 is 0 Å². The first kappa shape index (κ1) is 18.5. The summed E-state index contributed by atoms with van der Waals surface area (Å²) < 4.78 is 1.47. The first-order chi connectivity index (χ1) is 14.0. The van der Waals surface area contributed by atoms with Gasteiger partial charge in [-0.2, -0.15) is 5.10 Å². The predicted molar refractivity (Wildman–Crippen MR) is 113 cm³/mol. The molecule has 5 heteroatoms. The van der Waals surface area contributed by atoms with Crippen LogP contribution >= 0.6 is 0 Å². The Labute approximate surface area is 168 Å². The molecule has 0 unspecified atom stereocenters. The molecule has 0 amide bonds. The van der Waals surface area contributed by atoms with Gasteiger partial charge >= 0.3 is 0 Å². The van der Waals surface area contributed by atoms with E-state index in [4.69, 9.17) is 0 Å². The fraction of sp³-hybridized carbons (Fsp3) is 0.0833. The molecule has 0 aliphatic heterocycles. The number of benzene rings is 3. The van der Waals surface area contributed by atoms with E-state index in [-0.39, 0.29) is 23.1 Å². The summed E-state index contributed by atoms with van der Waals surface area (Å²) in [5.41, 5.74) is 3.38. The van der Waals surface area contributed by atoms with Gasteiger partial charge in [-0.1, -0.05) is 54.6 Å². The molecule has 0 saturated heterocycles. The zero-order valence-corrected chi connectivity index (χ0v) is 15.9. The minimum Gasteiger partial charge on any atom is -0.508 e. The summed E-state index contributed by atoms with van der Waals surface area (Å²) in [6.07, 6.45) is 1.68. The largest absolute Gasteiger partial charge is 0.508 e. The van der Waals surface area contributed by atoms with Crippen LogP contribution in [0.1, 0.15) is 18.5 Å². The van der Waals surface area contributed by atoms with Crippen LogP contribution in [0.25, 0.3) is 22.3 Å². The Balaban J connectivity index is 1.93. The first-order valence-electron chi connectivity index (χ1n) is 9.30. The fourth-order valence-corrected chi connectivity index (χ4v) is 3.38. The summed E-state index contributed by atoms with van der Waals surface area (Å²) in [6, 6.07) is 22.7. The van der Waals surface area contributed by atoms with Crippen LogP contribution in [0.4, 0.5) is 0 Å². The van der Waals surface area contributed by atoms with Gasteiger partial charge < -0.3 is 10.2 Å². The van der Waals surface area contributed by atoms with Gasteiger partial charge in [-0.05, 0) is 47.9 Å².